The number of hydrogen-bond donors (Lipinski definition) is 4. The van der Waals surface area contributed by atoms with E-state index in [1.165, 1.54) is 7.11 Å². The smallest absolute Gasteiger partial charge is 0.319 e. The van der Waals surface area contributed by atoms with E-state index in [-0.39, 0.29) is 13.2 Å². The van der Waals surface area contributed by atoms with Gasteiger partial charge in [-0.25, -0.2) is 4.79 Å². The number of allylic oxidation sites excluding steroid dienone is 1. The molecule has 0 bridgehead atoms. The van der Waals surface area contributed by atoms with E-state index in [1.807, 2.05) is 0 Å². The van der Waals surface area contributed by atoms with Gasteiger partial charge in [-0.15, -0.1) is 0 Å². The van der Waals surface area contributed by atoms with E-state index in [9.17, 15) is 9.59 Å². The van der Waals surface area contributed by atoms with Gasteiger partial charge in [0.25, 0.3) is 5.91 Å². The van der Waals surface area contributed by atoms with Gasteiger partial charge in [0.1, 0.15) is 6.61 Å². The quantitative estimate of drug-likeness (QED) is 0.454. The summed E-state index contributed by atoms with van der Waals surface area (Å²) in [5.41, 5.74) is 1.86. The van der Waals surface area contributed by atoms with Crippen LogP contribution in [0, 0.1) is 0 Å². The Balaban J connectivity index is 2.00. The lowest BCUT2D eigenvalue weighted by molar-refractivity contribution is -0.113. The average Bonchev–Trinajstić information content (AvgIpc) is 2.71. The highest BCUT2D eigenvalue weighted by Gasteiger charge is 2.33. The second-order valence-electron chi connectivity index (χ2n) is 6.63. The van der Waals surface area contributed by atoms with Gasteiger partial charge in [0.05, 0.1) is 25.3 Å². The van der Waals surface area contributed by atoms with Gasteiger partial charge in [0.15, 0.2) is 11.5 Å². The number of carbonyl (C=O) groups excluding carboxylic acids is 2. The van der Waals surface area contributed by atoms with Crippen molar-refractivity contribution in [3.05, 3.63) is 62.7 Å². The molecule has 0 saturated heterocycles. The third kappa shape index (κ3) is 5.30. The van der Waals surface area contributed by atoms with Crippen LogP contribution in [0.1, 0.15) is 18.5 Å². The lowest BCUT2D eigenvalue weighted by atomic mass is 9.94. The first-order chi connectivity index (χ1) is 14.8. The van der Waals surface area contributed by atoms with Gasteiger partial charge in [0, 0.05) is 20.9 Å². The van der Waals surface area contributed by atoms with E-state index in [1.54, 1.807) is 43.3 Å². The lowest BCUT2D eigenvalue weighted by Gasteiger charge is -2.29. The molecule has 1 aliphatic rings. The highest BCUT2D eigenvalue weighted by molar-refractivity contribution is 9.10. The van der Waals surface area contributed by atoms with Crippen LogP contribution in [0.3, 0.4) is 0 Å². The van der Waals surface area contributed by atoms with Crippen LogP contribution in [0.15, 0.2) is 52.1 Å². The van der Waals surface area contributed by atoms with Crippen LogP contribution < -0.4 is 25.4 Å². The Morgan fingerprint density at radius 3 is 2.74 bits per heavy atom. The molecule has 4 N–H and O–H groups in total. The number of urea groups is 1. The number of ether oxygens (including phenoxy) is 2. The fraction of sp³-hybridized carbons (Fsp3) is 0.238. The normalized spacial score (nSPS) is 15.8. The molecule has 8 nitrogen and oxygen atoms in total. The summed E-state index contributed by atoms with van der Waals surface area (Å²) in [6.45, 7) is 1.60. The summed E-state index contributed by atoms with van der Waals surface area (Å²) >= 11 is 9.50. The molecule has 1 aliphatic heterocycles. The van der Waals surface area contributed by atoms with Crippen molar-refractivity contribution in [3.8, 4) is 11.5 Å². The third-order valence-corrected chi connectivity index (χ3v) is 5.46. The molecular formula is C21H21BrClN3O5. The number of methoxy groups -OCH3 is 1. The Labute approximate surface area is 192 Å². The molecule has 2 aromatic rings. The highest BCUT2D eigenvalue weighted by Crippen LogP contribution is 2.39. The highest BCUT2D eigenvalue weighted by atomic mass is 79.9. The van der Waals surface area contributed by atoms with Gasteiger partial charge in [0.2, 0.25) is 0 Å². The van der Waals surface area contributed by atoms with Crippen molar-refractivity contribution in [2.24, 2.45) is 0 Å². The van der Waals surface area contributed by atoms with Crippen molar-refractivity contribution >= 4 is 45.2 Å². The van der Waals surface area contributed by atoms with Crippen LogP contribution in [-0.4, -0.2) is 37.4 Å². The number of aliphatic hydroxyl groups excluding tert-OH is 1. The molecule has 0 aliphatic carbocycles. The van der Waals surface area contributed by atoms with Gasteiger partial charge in [-0.2, -0.15) is 0 Å². The van der Waals surface area contributed by atoms with Crippen molar-refractivity contribution in [2.45, 2.75) is 13.0 Å². The number of hydrogen-bond acceptors (Lipinski definition) is 5. The Bertz CT molecular complexity index is 1040. The molecule has 0 spiro atoms. The molecule has 1 atom stereocenters. The first-order valence-corrected chi connectivity index (χ1v) is 10.5. The summed E-state index contributed by atoms with van der Waals surface area (Å²) in [4.78, 5) is 25.3. The number of nitrogens with one attached hydrogen (secondary N) is 3. The zero-order chi connectivity index (χ0) is 22.5. The standard InChI is InChI=1S/C21H21BrClN3O5/c1-11-18(20(28)25-13-5-3-4-12(23)8-13)19(26-21(29)24-11)14-9-16(30-2)17(10-15(14)22)31-7-6-27/h3-5,8-10,19,27H,6-7H2,1-2H3,(H,25,28)(H2,24,26,29)/t19-/m0/s1. The van der Waals surface area contributed by atoms with Crippen LogP contribution in [0.4, 0.5) is 10.5 Å². The summed E-state index contributed by atoms with van der Waals surface area (Å²) in [5.74, 6) is 0.411. The van der Waals surface area contributed by atoms with Crippen LogP contribution in [0.2, 0.25) is 5.02 Å². The van der Waals surface area contributed by atoms with Crippen LogP contribution in [0.5, 0.6) is 11.5 Å². The molecule has 1 heterocycles. The molecule has 0 radical (unpaired) electrons. The second-order valence-corrected chi connectivity index (χ2v) is 7.92. The number of carbonyl (C=O) groups is 2. The maximum absolute atomic E-state index is 13.2. The lowest BCUT2D eigenvalue weighted by Crippen LogP contribution is -2.46. The maximum Gasteiger partial charge on any atom is 0.319 e. The van der Waals surface area contributed by atoms with Crippen molar-refractivity contribution in [1.82, 2.24) is 10.6 Å². The Morgan fingerprint density at radius 1 is 1.29 bits per heavy atom. The Kier molecular flexibility index (Phi) is 7.42. The van der Waals surface area contributed by atoms with E-state index in [4.69, 9.17) is 26.2 Å². The van der Waals surface area contributed by atoms with Crippen molar-refractivity contribution < 1.29 is 24.2 Å². The fourth-order valence-electron chi connectivity index (χ4n) is 3.19. The van der Waals surface area contributed by atoms with Gasteiger partial charge < -0.3 is 30.5 Å². The molecule has 0 saturated carbocycles. The molecule has 164 valence electrons. The van der Waals surface area contributed by atoms with Crippen LogP contribution in [0.25, 0.3) is 0 Å². The SMILES string of the molecule is COc1cc([C@@H]2NC(=O)NC(C)=C2C(=O)Nc2cccc(Cl)c2)c(Br)cc1OCCO. The average molecular weight is 511 g/mol. The fourth-order valence-corrected chi connectivity index (χ4v) is 3.93. The Morgan fingerprint density at radius 2 is 2.06 bits per heavy atom. The molecule has 0 fully saturated rings. The molecule has 3 rings (SSSR count). The maximum atomic E-state index is 13.2. The molecule has 0 aromatic heterocycles. The monoisotopic (exact) mass is 509 g/mol. The van der Waals surface area contributed by atoms with E-state index >= 15 is 0 Å². The summed E-state index contributed by atoms with van der Waals surface area (Å²) in [6, 6.07) is 8.92. The van der Waals surface area contributed by atoms with E-state index in [0.29, 0.717) is 43.5 Å². The zero-order valence-corrected chi connectivity index (χ0v) is 19.1. The minimum atomic E-state index is -0.761. The number of amides is 3. The minimum absolute atomic E-state index is 0.0958. The second kappa shape index (κ2) is 10.0. The number of anilines is 1. The van der Waals surface area contributed by atoms with Crippen molar-refractivity contribution in [1.29, 1.82) is 0 Å². The minimum Gasteiger partial charge on any atom is -0.493 e. The van der Waals surface area contributed by atoms with Gasteiger partial charge >= 0.3 is 6.03 Å². The number of rotatable bonds is 7. The van der Waals surface area contributed by atoms with Gasteiger partial charge in [-0.3, -0.25) is 4.79 Å². The zero-order valence-electron chi connectivity index (χ0n) is 16.8. The van der Waals surface area contributed by atoms with E-state index in [2.05, 4.69) is 31.9 Å². The van der Waals surface area contributed by atoms with E-state index in [0.717, 1.165) is 0 Å². The Hall–Kier alpha value is -2.75. The van der Waals surface area contributed by atoms with Crippen LogP contribution >= 0.6 is 27.5 Å². The van der Waals surface area contributed by atoms with Crippen molar-refractivity contribution in [2.75, 3.05) is 25.6 Å². The number of halogens is 2. The predicted octanol–water partition coefficient (Wildman–Crippen LogP) is 3.75. The first-order valence-electron chi connectivity index (χ1n) is 9.30. The molecule has 2 aromatic carbocycles. The van der Waals surface area contributed by atoms with Crippen LogP contribution in [-0.2, 0) is 4.79 Å². The van der Waals surface area contributed by atoms with Gasteiger partial charge in [-0.05, 0) is 42.8 Å². The van der Waals surface area contributed by atoms with Gasteiger partial charge in [-0.1, -0.05) is 33.6 Å². The number of aliphatic hydroxyl groups is 1. The topological polar surface area (TPSA) is 109 Å². The third-order valence-electron chi connectivity index (χ3n) is 4.54. The molecule has 10 heteroatoms. The number of benzene rings is 2. The molecule has 3 amide bonds. The largest absolute Gasteiger partial charge is 0.493 e. The molecule has 0 unspecified atom stereocenters. The predicted molar refractivity (Wildman–Crippen MR) is 120 cm³/mol. The first kappa shape index (κ1) is 22.9. The summed E-state index contributed by atoms with van der Waals surface area (Å²) in [7, 11) is 1.48. The van der Waals surface area contributed by atoms with E-state index < -0.39 is 18.0 Å². The summed E-state index contributed by atoms with van der Waals surface area (Å²) in [5, 5.41) is 17.7. The summed E-state index contributed by atoms with van der Waals surface area (Å²) < 4.78 is 11.5. The molecule has 31 heavy (non-hydrogen) atoms. The van der Waals surface area contributed by atoms with Crippen molar-refractivity contribution in [3.63, 3.8) is 0 Å². The molecular weight excluding hydrogens is 490 g/mol. The summed E-state index contributed by atoms with van der Waals surface area (Å²) in [6.07, 6.45) is 0.